The van der Waals surface area contributed by atoms with Crippen LogP contribution in [0.4, 0.5) is 5.82 Å². The number of anilines is 1. The van der Waals surface area contributed by atoms with E-state index < -0.39 is 6.10 Å². The number of ether oxygens (including phenoxy) is 1. The number of nitrogens with zero attached hydrogens (tertiary/aromatic N) is 1. The highest BCUT2D eigenvalue weighted by Crippen LogP contribution is 2.22. The number of hydrogen-bond donors (Lipinski definition) is 2. The van der Waals surface area contributed by atoms with Crippen molar-refractivity contribution in [1.82, 2.24) is 4.98 Å². The van der Waals surface area contributed by atoms with Gasteiger partial charge in [-0.1, -0.05) is 24.6 Å². The van der Waals surface area contributed by atoms with Crippen LogP contribution in [0, 0.1) is 13.8 Å². The second-order valence-electron chi connectivity index (χ2n) is 5.14. The van der Waals surface area contributed by atoms with Crippen LogP contribution in [-0.2, 0) is 4.79 Å². The maximum absolute atomic E-state index is 12.3. The van der Waals surface area contributed by atoms with E-state index in [1.807, 2.05) is 39.0 Å². The van der Waals surface area contributed by atoms with Crippen molar-refractivity contribution in [3.05, 3.63) is 47.7 Å². The zero-order valence-corrected chi connectivity index (χ0v) is 13.0. The van der Waals surface area contributed by atoms with Gasteiger partial charge in [0.2, 0.25) is 0 Å². The number of aromatic hydroxyl groups is 1. The summed E-state index contributed by atoms with van der Waals surface area (Å²) in [7, 11) is 0. The number of hydrogen-bond acceptors (Lipinski definition) is 4. The normalized spacial score (nSPS) is 11.8. The number of rotatable bonds is 5. The van der Waals surface area contributed by atoms with E-state index >= 15 is 0 Å². The molecule has 1 aromatic carbocycles. The lowest BCUT2D eigenvalue weighted by molar-refractivity contribution is -0.122. The summed E-state index contributed by atoms with van der Waals surface area (Å²) in [5.74, 6) is 0.404. The van der Waals surface area contributed by atoms with Crippen LogP contribution in [0.5, 0.6) is 11.5 Å². The molecule has 0 bridgehead atoms. The van der Waals surface area contributed by atoms with Crippen LogP contribution in [0.3, 0.4) is 0 Å². The third-order valence-electron chi connectivity index (χ3n) is 3.29. The predicted octanol–water partition coefficient (Wildman–Crippen LogP) is 3.20. The molecule has 0 saturated heterocycles. The number of amides is 1. The van der Waals surface area contributed by atoms with Crippen LogP contribution in [0.2, 0.25) is 0 Å². The van der Waals surface area contributed by atoms with Crippen LogP contribution in [0.15, 0.2) is 36.5 Å². The monoisotopic (exact) mass is 300 g/mol. The summed E-state index contributed by atoms with van der Waals surface area (Å²) in [6.45, 7) is 5.81. The van der Waals surface area contributed by atoms with Crippen molar-refractivity contribution in [2.45, 2.75) is 33.3 Å². The van der Waals surface area contributed by atoms with Gasteiger partial charge in [-0.3, -0.25) is 4.79 Å². The van der Waals surface area contributed by atoms with E-state index in [2.05, 4.69) is 10.3 Å². The van der Waals surface area contributed by atoms with Crippen molar-refractivity contribution >= 4 is 11.7 Å². The third kappa shape index (κ3) is 3.75. The van der Waals surface area contributed by atoms with Crippen LogP contribution >= 0.6 is 0 Å². The molecule has 1 atom stereocenters. The van der Waals surface area contributed by atoms with Crippen LogP contribution in [0.1, 0.15) is 24.5 Å². The van der Waals surface area contributed by atoms with Gasteiger partial charge >= 0.3 is 0 Å². The van der Waals surface area contributed by atoms with Crippen molar-refractivity contribution in [1.29, 1.82) is 0 Å². The van der Waals surface area contributed by atoms with Gasteiger partial charge in [0, 0.05) is 6.20 Å². The number of benzene rings is 1. The Labute approximate surface area is 130 Å². The topological polar surface area (TPSA) is 71.5 Å². The molecule has 1 unspecified atom stereocenters. The Hall–Kier alpha value is -2.56. The van der Waals surface area contributed by atoms with Gasteiger partial charge in [0.1, 0.15) is 5.75 Å². The molecule has 116 valence electrons. The van der Waals surface area contributed by atoms with Crippen LogP contribution in [0.25, 0.3) is 0 Å². The van der Waals surface area contributed by atoms with Crippen LogP contribution < -0.4 is 10.1 Å². The van der Waals surface area contributed by atoms with Gasteiger partial charge in [-0.25, -0.2) is 4.98 Å². The number of aromatic nitrogens is 1. The lowest BCUT2D eigenvalue weighted by Crippen LogP contribution is -2.32. The Morgan fingerprint density at radius 1 is 1.36 bits per heavy atom. The summed E-state index contributed by atoms with van der Waals surface area (Å²) < 4.78 is 5.80. The maximum atomic E-state index is 12.3. The molecule has 1 amide bonds. The van der Waals surface area contributed by atoms with E-state index in [4.69, 9.17) is 4.74 Å². The fraction of sp³-hybridized carbons (Fsp3) is 0.294. The molecule has 5 heteroatoms. The molecule has 2 rings (SSSR count). The van der Waals surface area contributed by atoms with E-state index in [1.165, 1.54) is 12.3 Å². The summed E-state index contributed by atoms with van der Waals surface area (Å²) in [5.41, 5.74) is 2.12. The first-order chi connectivity index (χ1) is 10.5. The number of aryl methyl sites for hydroxylation is 2. The Balaban J connectivity index is 2.11. The summed E-state index contributed by atoms with van der Waals surface area (Å²) >= 11 is 0. The van der Waals surface area contributed by atoms with Gasteiger partial charge in [-0.05, 0) is 44.0 Å². The lowest BCUT2D eigenvalue weighted by atomic mass is 10.1. The molecule has 5 nitrogen and oxygen atoms in total. The molecule has 0 fully saturated rings. The highest BCUT2D eigenvalue weighted by atomic mass is 16.5. The average molecular weight is 300 g/mol. The molecule has 2 N–H and O–H groups in total. The average Bonchev–Trinajstić information content (AvgIpc) is 2.49. The molecule has 0 spiro atoms. The third-order valence-corrected chi connectivity index (χ3v) is 3.29. The minimum atomic E-state index is -0.650. The van der Waals surface area contributed by atoms with E-state index in [-0.39, 0.29) is 17.5 Å². The summed E-state index contributed by atoms with van der Waals surface area (Å²) in [4.78, 5) is 16.2. The molecule has 0 aliphatic carbocycles. The highest BCUT2D eigenvalue weighted by Gasteiger charge is 2.20. The summed E-state index contributed by atoms with van der Waals surface area (Å²) in [6, 6.07) is 8.86. The van der Waals surface area contributed by atoms with Gasteiger partial charge in [0.05, 0.1) is 0 Å². The minimum Gasteiger partial charge on any atom is -0.504 e. The fourth-order valence-electron chi connectivity index (χ4n) is 2.10. The number of carbonyl (C=O) groups is 1. The molecule has 1 aromatic heterocycles. The molecule has 1 heterocycles. The van der Waals surface area contributed by atoms with E-state index in [1.54, 1.807) is 6.07 Å². The molecule has 0 aliphatic heterocycles. The van der Waals surface area contributed by atoms with Crippen molar-refractivity contribution in [2.24, 2.45) is 0 Å². The predicted molar refractivity (Wildman–Crippen MR) is 85.2 cm³/mol. The van der Waals surface area contributed by atoms with Gasteiger partial charge in [0.25, 0.3) is 5.91 Å². The first-order valence-corrected chi connectivity index (χ1v) is 7.20. The van der Waals surface area contributed by atoms with Gasteiger partial charge in [-0.2, -0.15) is 0 Å². The molecule has 0 saturated carbocycles. The Bertz CT molecular complexity index is 671. The van der Waals surface area contributed by atoms with Crippen molar-refractivity contribution in [3.8, 4) is 11.5 Å². The molecule has 0 radical (unpaired) electrons. The quantitative estimate of drug-likeness (QED) is 0.889. The largest absolute Gasteiger partial charge is 0.504 e. The SMILES string of the molecule is CCC(Oc1ccc(C)cc1C)C(=O)Nc1ncccc1O. The fourth-order valence-corrected chi connectivity index (χ4v) is 2.10. The van der Waals surface area contributed by atoms with Gasteiger partial charge < -0.3 is 15.2 Å². The second-order valence-corrected chi connectivity index (χ2v) is 5.14. The molecular formula is C17H20N2O3. The van der Waals surface area contributed by atoms with Crippen LogP contribution in [-0.4, -0.2) is 22.1 Å². The first kappa shape index (κ1) is 15.8. The molecule has 22 heavy (non-hydrogen) atoms. The maximum Gasteiger partial charge on any atom is 0.266 e. The van der Waals surface area contributed by atoms with Crippen molar-refractivity contribution < 1.29 is 14.6 Å². The Morgan fingerprint density at radius 3 is 2.77 bits per heavy atom. The first-order valence-electron chi connectivity index (χ1n) is 7.20. The van der Waals surface area contributed by atoms with Crippen molar-refractivity contribution in [2.75, 3.05) is 5.32 Å². The van der Waals surface area contributed by atoms with Gasteiger partial charge in [0.15, 0.2) is 17.7 Å². The molecular weight excluding hydrogens is 280 g/mol. The Kier molecular flexibility index (Phi) is 4.99. The highest BCUT2D eigenvalue weighted by molar-refractivity contribution is 5.94. The van der Waals surface area contributed by atoms with E-state index in [9.17, 15) is 9.90 Å². The zero-order chi connectivity index (χ0) is 16.1. The van der Waals surface area contributed by atoms with E-state index in [0.29, 0.717) is 12.2 Å². The summed E-state index contributed by atoms with van der Waals surface area (Å²) in [6.07, 6.45) is 1.36. The summed E-state index contributed by atoms with van der Waals surface area (Å²) in [5, 5.41) is 12.2. The number of pyridine rings is 1. The van der Waals surface area contributed by atoms with Crippen molar-refractivity contribution in [3.63, 3.8) is 0 Å². The number of nitrogens with one attached hydrogen (secondary N) is 1. The lowest BCUT2D eigenvalue weighted by Gasteiger charge is -2.18. The molecule has 2 aromatic rings. The molecule has 0 aliphatic rings. The second kappa shape index (κ2) is 6.93. The standard InChI is InChI=1S/C17H20N2O3/c1-4-14(22-15-8-7-11(2)10-12(15)3)17(21)19-16-13(20)6-5-9-18-16/h5-10,14,20H,4H2,1-3H3,(H,18,19,21). The smallest absolute Gasteiger partial charge is 0.266 e. The zero-order valence-electron chi connectivity index (χ0n) is 13.0. The van der Waals surface area contributed by atoms with E-state index in [0.717, 1.165) is 11.1 Å². The number of carbonyl (C=O) groups excluding carboxylic acids is 1. The minimum absolute atomic E-state index is 0.0720. The van der Waals surface area contributed by atoms with Gasteiger partial charge in [-0.15, -0.1) is 0 Å². The Morgan fingerprint density at radius 2 is 2.14 bits per heavy atom.